The third-order valence-electron chi connectivity index (χ3n) is 3.17. The number of amides is 1. The summed E-state index contributed by atoms with van der Waals surface area (Å²) < 4.78 is 1.77. The third-order valence-corrected chi connectivity index (χ3v) is 4.32. The van der Waals surface area contributed by atoms with Crippen LogP contribution in [-0.4, -0.2) is 5.91 Å². The van der Waals surface area contributed by atoms with Crippen LogP contribution in [0.3, 0.4) is 0 Å². The standard InChI is InChI=1S/C17H17Br2NO/c1-17(2,3)12-7-8-15(14(19)10-12)20-16(21)11-5-4-6-13(18)9-11/h4-10H,1-3H3,(H,20,21). The van der Waals surface area contributed by atoms with Gasteiger partial charge in [0.15, 0.2) is 0 Å². The van der Waals surface area contributed by atoms with Gasteiger partial charge in [0, 0.05) is 14.5 Å². The molecule has 0 aliphatic rings. The van der Waals surface area contributed by atoms with E-state index >= 15 is 0 Å². The quantitative estimate of drug-likeness (QED) is 0.669. The molecule has 0 radical (unpaired) electrons. The minimum absolute atomic E-state index is 0.0787. The summed E-state index contributed by atoms with van der Waals surface area (Å²) in [5.74, 6) is -0.125. The first-order chi connectivity index (χ1) is 9.77. The van der Waals surface area contributed by atoms with Gasteiger partial charge in [-0.2, -0.15) is 0 Å². The number of rotatable bonds is 2. The van der Waals surface area contributed by atoms with Crippen molar-refractivity contribution in [1.82, 2.24) is 0 Å². The molecule has 2 rings (SSSR count). The molecule has 0 saturated carbocycles. The molecule has 4 heteroatoms. The molecule has 2 nitrogen and oxygen atoms in total. The van der Waals surface area contributed by atoms with Gasteiger partial charge in [0.1, 0.15) is 0 Å². The van der Waals surface area contributed by atoms with E-state index in [-0.39, 0.29) is 11.3 Å². The van der Waals surface area contributed by atoms with Crippen LogP contribution >= 0.6 is 31.9 Å². The van der Waals surface area contributed by atoms with E-state index in [1.54, 1.807) is 12.1 Å². The molecular weight excluding hydrogens is 394 g/mol. The van der Waals surface area contributed by atoms with Crippen molar-refractivity contribution in [3.05, 3.63) is 62.5 Å². The summed E-state index contributed by atoms with van der Waals surface area (Å²) in [5, 5.41) is 2.93. The van der Waals surface area contributed by atoms with Crippen molar-refractivity contribution in [2.75, 3.05) is 5.32 Å². The number of halogens is 2. The van der Waals surface area contributed by atoms with Crippen molar-refractivity contribution >= 4 is 43.5 Å². The van der Waals surface area contributed by atoms with Gasteiger partial charge >= 0.3 is 0 Å². The summed E-state index contributed by atoms with van der Waals surface area (Å²) >= 11 is 6.90. The van der Waals surface area contributed by atoms with Crippen LogP contribution in [-0.2, 0) is 5.41 Å². The molecule has 0 aliphatic carbocycles. The zero-order valence-electron chi connectivity index (χ0n) is 12.2. The summed E-state index contributed by atoms with van der Waals surface area (Å²) in [6, 6.07) is 13.4. The SMILES string of the molecule is CC(C)(C)c1ccc(NC(=O)c2cccc(Br)c2)c(Br)c1. The molecule has 0 heterocycles. The van der Waals surface area contributed by atoms with Gasteiger partial charge in [-0.1, -0.05) is 48.8 Å². The first-order valence-corrected chi connectivity index (χ1v) is 8.23. The topological polar surface area (TPSA) is 29.1 Å². The average Bonchev–Trinajstić information content (AvgIpc) is 2.39. The minimum Gasteiger partial charge on any atom is -0.321 e. The lowest BCUT2D eigenvalue weighted by Crippen LogP contribution is -2.14. The maximum absolute atomic E-state index is 12.2. The molecule has 110 valence electrons. The number of hydrogen-bond donors (Lipinski definition) is 1. The number of nitrogens with one attached hydrogen (secondary N) is 1. The maximum Gasteiger partial charge on any atom is 0.255 e. The molecule has 2 aromatic rings. The van der Waals surface area contributed by atoms with E-state index in [9.17, 15) is 4.79 Å². The molecule has 0 saturated heterocycles. The normalized spacial score (nSPS) is 11.3. The summed E-state index contributed by atoms with van der Waals surface area (Å²) in [4.78, 5) is 12.2. The van der Waals surface area contributed by atoms with Gasteiger partial charge in [-0.25, -0.2) is 0 Å². The predicted molar refractivity (Wildman–Crippen MR) is 94.9 cm³/mol. The molecule has 2 aromatic carbocycles. The molecule has 0 unspecified atom stereocenters. The molecular formula is C17H17Br2NO. The summed E-state index contributed by atoms with van der Waals surface area (Å²) in [5.41, 5.74) is 2.69. The Morgan fingerprint density at radius 1 is 1.05 bits per heavy atom. The Balaban J connectivity index is 2.22. The van der Waals surface area contributed by atoms with Crippen molar-refractivity contribution < 1.29 is 4.79 Å². The molecule has 0 atom stereocenters. The van der Waals surface area contributed by atoms with Crippen LogP contribution in [0.1, 0.15) is 36.7 Å². The second-order valence-electron chi connectivity index (χ2n) is 5.91. The Morgan fingerprint density at radius 3 is 2.33 bits per heavy atom. The van der Waals surface area contributed by atoms with E-state index in [0.717, 1.165) is 14.6 Å². The zero-order valence-corrected chi connectivity index (χ0v) is 15.4. The molecule has 0 bridgehead atoms. The van der Waals surface area contributed by atoms with Crippen molar-refractivity contribution in [3.63, 3.8) is 0 Å². The van der Waals surface area contributed by atoms with E-state index in [1.165, 1.54) is 5.56 Å². The van der Waals surface area contributed by atoms with Crippen LogP contribution in [0.4, 0.5) is 5.69 Å². The molecule has 0 spiro atoms. The fourth-order valence-corrected chi connectivity index (χ4v) is 2.78. The van der Waals surface area contributed by atoms with E-state index in [2.05, 4.69) is 64.0 Å². The van der Waals surface area contributed by atoms with Gasteiger partial charge in [-0.05, 0) is 57.2 Å². The van der Waals surface area contributed by atoms with E-state index in [0.29, 0.717) is 5.56 Å². The fourth-order valence-electron chi connectivity index (χ4n) is 1.91. The first-order valence-electron chi connectivity index (χ1n) is 6.64. The third kappa shape index (κ3) is 4.17. The number of hydrogen-bond acceptors (Lipinski definition) is 1. The fraction of sp³-hybridized carbons (Fsp3) is 0.235. The summed E-state index contributed by atoms with van der Waals surface area (Å²) in [6.45, 7) is 6.48. The van der Waals surface area contributed by atoms with Gasteiger partial charge in [0.25, 0.3) is 5.91 Å². The van der Waals surface area contributed by atoms with Gasteiger partial charge < -0.3 is 5.32 Å². The van der Waals surface area contributed by atoms with Gasteiger partial charge in [-0.15, -0.1) is 0 Å². The van der Waals surface area contributed by atoms with Crippen molar-refractivity contribution in [3.8, 4) is 0 Å². The monoisotopic (exact) mass is 409 g/mol. The molecule has 0 fully saturated rings. The first kappa shape index (κ1) is 16.2. The number of anilines is 1. The van der Waals surface area contributed by atoms with Gasteiger partial charge in [-0.3, -0.25) is 4.79 Å². The van der Waals surface area contributed by atoms with Crippen LogP contribution in [0.2, 0.25) is 0 Å². The van der Waals surface area contributed by atoms with Crippen molar-refractivity contribution in [2.45, 2.75) is 26.2 Å². The number of carbonyl (C=O) groups is 1. The highest BCUT2D eigenvalue weighted by Gasteiger charge is 2.16. The van der Waals surface area contributed by atoms with Crippen LogP contribution < -0.4 is 5.32 Å². The highest BCUT2D eigenvalue weighted by molar-refractivity contribution is 9.10. The molecule has 21 heavy (non-hydrogen) atoms. The van der Waals surface area contributed by atoms with Crippen LogP contribution in [0.25, 0.3) is 0 Å². The average molecular weight is 411 g/mol. The largest absolute Gasteiger partial charge is 0.321 e. The lowest BCUT2D eigenvalue weighted by Gasteiger charge is -2.20. The predicted octanol–water partition coefficient (Wildman–Crippen LogP) is 5.76. The number of benzene rings is 2. The lowest BCUT2D eigenvalue weighted by molar-refractivity contribution is 0.102. The Hall–Kier alpha value is -1.13. The molecule has 0 aromatic heterocycles. The van der Waals surface area contributed by atoms with Gasteiger partial charge in [0.05, 0.1) is 5.69 Å². The Kier molecular flexibility index (Phi) is 4.89. The van der Waals surface area contributed by atoms with Crippen LogP contribution in [0, 0.1) is 0 Å². The van der Waals surface area contributed by atoms with Crippen molar-refractivity contribution in [1.29, 1.82) is 0 Å². The highest BCUT2D eigenvalue weighted by Crippen LogP contribution is 2.30. The second kappa shape index (κ2) is 6.32. The number of carbonyl (C=O) groups excluding carboxylic acids is 1. The van der Waals surface area contributed by atoms with Gasteiger partial charge in [0.2, 0.25) is 0 Å². The maximum atomic E-state index is 12.2. The van der Waals surface area contributed by atoms with E-state index in [4.69, 9.17) is 0 Å². The Bertz CT molecular complexity index is 675. The molecule has 1 amide bonds. The molecule has 0 aliphatic heterocycles. The zero-order chi connectivity index (χ0) is 15.6. The lowest BCUT2D eigenvalue weighted by atomic mass is 9.87. The summed E-state index contributed by atoms with van der Waals surface area (Å²) in [6.07, 6.45) is 0. The second-order valence-corrected chi connectivity index (χ2v) is 7.68. The summed E-state index contributed by atoms with van der Waals surface area (Å²) in [7, 11) is 0. The smallest absolute Gasteiger partial charge is 0.255 e. The van der Waals surface area contributed by atoms with E-state index < -0.39 is 0 Å². The van der Waals surface area contributed by atoms with Crippen LogP contribution in [0.5, 0.6) is 0 Å². The van der Waals surface area contributed by atoms with Crippen LogP contribution in [0.15, 0.2) is 51.4 Å². The van der Waals surface area contributed by atoms with Crippen molar-refractivity contribution in [2.24, 2.45) is 0 Å². The Morgan fingerprint density at radius 2 is 1.76 bits per heavy atom. The van der Waals surface area contributed by atoms with E-state index in [1.807, 2.05) is 24.3 Å². The Labute approximate surface area is 142 Å². The minimum atomic E-state index is -0.125. The molecule has 1 N–H and O–H groups in total. The highest BCUT2D eigenvalue weighted by atomic mass is 79.9.